The van der Waals surface area contributed by atoms with E-state index in [1.807, 2.05) is 6.08 Å². The predicted octanol–water partition coefficient (Wildman–Crippen LogP) is 17.2. The van der Waals surface area contributed by atoms with Gasteiger partial charge in [-0.15, -0.1) is 0 Å². The molecule has 0 saturated heterocycles. The van der Waals surface area contributed by atoms with Crippen LogP contribution in [0.2, 0.25) is 0 Å². The molecule has 370 valence electrons. The molecule has 0 aliphatic heterocycles. The Morgan fingerprint density at radius 3 is 1.02 bits per heavy atom. The van der Waals surface area contributed by atoms with Crippen molar-refractivity contribution in [1.82, 2.24) is 5.32 Å². The zero-order valence-electron chi connectivity index (χ0n) is 42.2. The minimum Gasteiger partial charge on any atom is -0.394 e. The maximum absolute atomic E-state index is 12.5. The zero-order chi connectivity index (χ0) is 45.8. The molecule has 0 aliphatic carbocycles. The summed E-state index contributed by atoms with van der Waals surface area (Å²) >= 11 is 0. The SMILES string of the molecule is CCCCCCCCCCCCCC/C=C\CCCCCCCCCCCCC(O)CC(=O)NC(CO)C(O)/C=C/CC/C=C/CC/C=C/CCCCCCCCCCCCCC. The van der Waals surface area contributed by atoms with E-state index in [4.69, 9.17) is 0 Å². The molecule has 1 amide bonds. The lowest BCUT2D eigenvalue weighted by Gasteiger charge is -2.21. The fraction of sp³-hybridized carbons (Fsp3) is 0.845. The number of carbonyl (C=O) groups is 1. The van der Waals surface area contributed by atoms with Gasteiger partial charge in [0.2, 0.25) is 5.91 Å². The Balaban J connectivity index is 3.63. The second-order valence-corrected chi connectivity index (χ2v) is 19.2. The van der Waals surface area contributed by atoms with Crippen LogP contribution in [0, 0.1) is 0 Å². The van der Waals surface area contributed by atoms with Crippen molar-refractivity contribution in [2.75, 3.05) is 6.61 Å². The molecule has 0 aromatic rings. The fourth-order valence-electron chi connectivity index (χ4n) is 8.55. The number of aliphatic hydroxyl groups is 3. The van der Waals surface area contributed by atoms with Gasteiger partial charge in [-0.3, -0.25) is 4.79 Å². The molecule has 3 unspecified atom stereocenters. The Labute approximate surface area is 393 Å². The normalized spacial score (nSPS) is 13.7. The molecule has 0 aliphatic rings. The molecule has 0 saturated carbocycles. The Morgan fingerprint density at radius 2 is 0.683 bits per heavy atom. The van der Waals surface area contributed by atoms with Crippen LogP contribution in [-0.4, -0.2) is 46.1 Å². The molecule has 0 rings (SSSR count). The van der Waals surface area contributed by atoms with Crippen LogP contribution in [0.3, 0.4) is 0 Å². The van der Waals surface area contributed by atoms with Crippen molar-refractivity contribution in [2.45, 2.75) is 308 Å². The number of unbranched alkanes of at least 4 members (excludes halogenated alkanes) is 36. The summed E-state index contributed by atoms with van der Waals surface area (Å²) in [6.45, 7) is 4.22. The van der Waals surface area contributed by atoms with E-state index in [0.717, 1.165) is 38.5 Å². The van der Waals surface area contributed by atoms with Crippen LogP contribution in [0.4, 0.5) is 0 Å². The van der Waals surface area contributed by atoms with Crippen molar-refractivity contribution in [2.24, 2.45) is 0 Å². The number of hydrogen-bond acceptors (Lipinski definition) is 4. The minimum absolute atomic E-state index is 0.00154. The molecule has 0 radical (unpaired) electrons. The molecule has 0 heterocycles. The van der Waals surface area contributed by atoms with Crippen molar-refractivity contribution >= 4 is 5.91 Å². The average Bonchev–Trinajstić information content (AvgIpc) is 3.28. The third kappa shape index (κ3) is 49.6. The van der Waals surface area contributed by atoms with Crippen LogP contribution in [0.25, 0.3) is 0 Å². The first-order valence-corrected chi connectivity index (χ1v) is 27.9. The number of hydrogen-bond donors (Lipinski definition) is 4. The number of carbonyl (C=O) groups excluding carboxylic acids is 1. The Bertz CT molecular complexity index is 1020. The average molecular weight is 885 g/mol. The van der Waals surface area contributed by atoms with E-state index in [9.17, 15) is 20.1 Å². The summed E-state index contributed by atoms with van der Waals surface area (Å²) < 4.78 is 0. The molecule has 5 nitrogen and oxygen atoms in total. The first-order chi connectivity index (χ1) is 31.0. The van der Waals surface area contributed by atoms with Crippen molar-refractivity contribution in [3.8, 4) is 0 Å². The maximum Gasteiger partial charge on any atom is 0.222 e. The topological polar surface area (TPSA) is 89.8 Å². The van der Waals surface area contributed by atoms with Gasteiger partial charge in [0.15, 0.2) is 0 Å². The molecule has 0 aromatic carbocycles. The van der Waals surface area contributed by atoms with Crippen LogP contribution in [-0.2, 0) is 4.79 Å². The van der Waals surface area contributed by atoms with Crippen molar-refractivity contribution in [1.29, 1.82) is 0 Å². The molecular formula is C58H109NO4. The molecule has 0 aromatic heterocycles. The van der Waals surface area contributed by atoms with E-state index in [2.05, 4.69) is 55.6 Å². The third-order valence-electron chi connectivity index (χ3n) is 12.8. The van der Waals surface area contributed by atoms with Gasteiger partial charge in [-0.25, -0.2) is 0 Å². The van der Waals surface area contributed by atoms with Crippen LogP contribution in [0.1, 0.15) is 290 Å². The van der Waals surface area contributed by atoms with Gasteiger partial charge in [0, 0.05) is 0 Å². The second-order valence-electron chi connectivity index (χ2n) is 19.2. The molecule has 63 heavy (non-hydrogen) atoms. The molecule has 4 N–H and O–H groups in total. The quantitative estimate of drug-likeness (QED) is 0.0362. The monoisotopic (exact) mass is 884 g/mol. The molecule has 0 spiro atoms. The van der Waals surface area contributed by atoms with Crippen molar-refractivity contribution in [3.05, 3.63) is 48.6 Å². The highest BCUT2D eigenvalue weighted by atomic mass is 16.3. The number of amides is 1. The van der Waals surface area contributed by atoms with Gasteiger partial charge in [0.05, 0.1) is 31.3 Å². The number of rotatable bonds is 51. The summed E-state index contributed by atoms with van der Waals surface area (Å²) in [6.07, 6.45) is 70.1. The van der Waals surface area contributed by atoms with Gasteiger partial charge in [0.1, 0.15) is 0 Å². The van der Waals surface area contributed by atoms with Gasteiger partial charge < -0.3 is 20.6 Å². The maximum atomic E-state index is 12.5. The molecule has 0 fully saturated rings. The molecule has 5 heteroatoms. The third-order valence-corrected chi connectivity index (χ3v) is 12.8. The van der Waals surface area contributed by atoms with Gasteiger partial charge in [-0.2, -0.15) is 0 Å². The van der Waals surface area contributed by atoms with Gasteiger partial charge in [0.25, 0.3) is 0 Å². The van der Waals surface area contributed by atoms with Crippen LogP contribution < -0.4 is 5.32 Å². The van der Waals surface area contributed by atoms with Crippen LogP contribution >= 0.6 is 0 Å². The lowest BCUT2D eigenvalue weighted by Crippen LogP contribution is -2.45. The summed E-state index contributed by atoms with van der Waals surface area (Å²) in [5.41, 5.74) is 0. The molecule has 3 atom stereocenters. The van der Waals surface area contributed by atoms with Crippen molar-refractivity contribution < 1.29 is 20.1 Å². The summed E-state index contributed by atoms with van der Waals surface area (Å²) in [6, 6.07) is -0.770. The smallest absolute Gasteiger partial charge is 0.222 e. The highest BCUT2D eigenvalue weighted by Crippen LogP contribution is 2.16. The summed E-state index contributed by atoms with van der Waals surface area (Å²) in [7, 11) is 0. The summed E-state index contributed by atoms with van der Waals surface area (Å²) in [4.78, 5) is 12.5. The summed E-state index contributed by atoms with van der Waals surface area (Å²) in [5, 5.41) is 33.4. The molecular weight excluding hydrogens is 775 g/mol. The standard InChI is InChI=1S/C58H109NO4/c1-3-5-7-9-11-13-15-17-19-21-23-25-27-28-29-30-31-33-35-37-39-41-43-45-47-49-51-55(61)53-58(63)59-56(54-60)57(62)52-50-48-46-44-42-40-38-36-34-32-26-24-22-20-18-16-14-12-10-8-6-4-2/h28-29,34,36,42,44,50,52,55-57,60-62H,3-27,30-33,35,37-41,43,45-49,51,53-54H2,1-2H3,(H,59,63)/b29-28-,36-34+,44-42+,52-50+. The van der Waals surface area contributed by atoms with Crippen molar-refractivity contribution in [3.63, 3.8) is 0 Å². The Morgan fingerprint density at radius 1 is 0.397 bits per heavy atom. The van der Waals surface area contributed by atoms with E-state index < -0.39 is 18.2 Å². The van der Waals surface area contributed by atoms with Crippen LogP contribution in [0.5, 0.6) is 0 Å². The van der Waals surface area contributed by atoms with E-state index in [0.29, 0.717) is 6.42 Å². The fourth-order valence-corrected chi connectivity index (χ4v) is 8.55. The van der Waals surface area contributed by atoms with E-state index in [-0.39, 0.29) is 18.9 Å². The molecule has 0 bridgehead atoms. The highest BCUT2D eigenvalue weighted by Gasteiger charge is 2.20. The van der Waals surface area contributed by atoms with Gasteiger partial charge in [-0.1, -0.05) is 262 Å². The zero-order valence-corrected chi connectivity index (χ0v) is 42.2. The minimum atomic E-state index is -0.962. The predicted molar refractivity (Wildman–Crippen MR) is 277 cm³/mol. The second kappa shape index (κ2) is 52.9. The van der Waals surface area contributed by atoms with E-state index in [1.54, 1.807) is 6.08 Å². The van der Waals surface area contributed by atoms with Gasteiger partial charge >= 0.3 is 0 Å². The van der Waals surface area contributed by atoms with E-state index in [1.165, 1.54) is 225 Å². The Hall–Kier alpha value is -1.69. The number of allylic oxidation sites excluding steroid dienone is 7. The first-order valence-electron chi connectivity index (χ1n) is 27.9. The van der Waals surface area contributed by atoms with Gasteiger partial charge in [-0.05, 0) is 70.6 Å². The van der Waals surface area contributed by atoms with E-state index >= 15 is 0 Å². The number of nitrogens with one attached hydrogen (secondary N) is 1. The van der Waals surface area contributed by atoms with Crippen LogP contribution in [0.15, 0.2) is 48.6 Å². The first kappa shape index (κ1) is 61.3. The lowest BCUT2D eigenvalue weighted by atomic mass is 10.0. The number of aliphatic hydroxyl groups excluding tert-OH is 3. The summed E-state index contributed by atoms with van der Waals surface area (Å²) in [5.74, 6) is -0.328. The Kier molecular flexibility index (Phi) is 51.5. The largest absolute Gasteiger partial charge is 0.394 e. The lowest BCUT2D eigenvalue weighted by molar-refractivity contribution is -0.124. The highest BCUT2D eigenvalue weighted by molar-refractivity contribution is 5.76.